The largest absolute Gasteiger partial charge is 0.452 e. The van der Waals surface area contributed by atoms with E-state index in [1.807, 2.05) is 26.8 Å². The van der Waals surface area contributed by atoms with E-state index < -0.39 is 17.7 Å². The van der Waals surface area contributed by atoms with E-state index in [2.05, 4.69) is 6.08 Å². The fraction of sp³-hybridized carbons (Fsp3) is 0.520. The van der Waals surface area contributed by atoms with Crippen LogP contribution in [0.2, 0.25) is 0 Å². The van der Waals surface area contributed by atoms with Gasteiger partial charge in [-0.25, -0.2) is 4.79 Å². The molecule has 2 N–H and O–H groups in total. The molecule has 0 aromatic rings. The number of hydrogen-bond acceptors (Lipinski definition) is 5. The smallest absolute Gasteiger partial charge is 0.331 e. The number of hydrogen-bond donors (Lipinski definition) is 2. The standard InChI is InChI=1S/C25H36O5/c1-18(2)8-7-12-24(5)13-9-20(17-26)21(27)10-15-25(6,29)22(11-14-24)30-23(28)16-19(3)4/h8-11,14-16,22,26,29H,7,12-13,17H2,1-6H3/b14-11+,15-10+,20-9-. The van der Waals surface area contributed by atoms with Gasteiger partial charge in [0.2, 0.25) is 0 Å². The van der Waals surface area contributed by atoms with E-state index in [4.69, 9.17) is 4.74 Å². The molecule has 0 saturated carbocycles. The Bertz CT molecular complexity index is 771. The summed E-state index contributed by atoms with van der Waals surface area (Å²) in [5, 5.41) is 20.6. The van der Waals surface area contributed by atoms with Crippen molar-refractivity contribution in [2.24, 2.45) is 5.41 Å². The fourth-order valence-electron chi connectivity index (χ4n) is 3.06. The van der Waals surface area contributed by atoms with E-state index in [0.717, 1.165) is 18.4 Å². The second kappa shape index (κ2) is 11.2. The summed E-state index contributed by atoms with van der Waals surface area (Å²) in [4.78, 5) is 24.7. The quantitative estimate of drug-likeness (QED) is 0.382. The maximum Gasteiger partial charge on any atom is 0.331 e. The Kier molecular flexibility index (Phi) is 9.66. The van der Waals surface area contributed by atoms with Crippen LogP contribution in [-0.2, 0) is 14.3 Å². The first kappa shape index (κ1) is 25.8. The first-order valence-corrected chi connectivity index (χ1v) is 10.3. The van der Waals surface area contributed by atoms with Crippen LogP contribution in [0.25, 0.3) is 0 Å². The van der Waals surface area contributed by atoms with Crippen LogP contribution in [0.5, 0.6) is 0 Å². The van der Waals surface area contributed by atoms with Crippen LogP contribution in [-0.4, -0.2) is 40.3 Å². The summed E-state index contributed by atoms with van der Waals surface area (Å²) < 4.78 is 5.52. The summed E-state index contributed by atoms with van der Waals surface area (Å²) in [6.45, 7) is 10.8. The van der Waals surface area contributed by atoms with Crippen molar-refractivity contribution in [3.63, 3.8) is 0 Å². The molecule has 166 valence electrons. The molecule has 3 unspecified atom stereocenters. The molecule has 1 rings (SSSR count). The van der Waals surface area contributed by atoms with Crippen LogP contribution in [0.1, 0.15) is 60.8 Å². The van der Waals surface area contributed by atoms with Crippen LogP contribution in [0.15, 0.2) is 59.3 Å². The monoisotopic (exact) mass is 416 g/mol. The minimum Gasteiger partial charge on any atom is -0.452 e. The summed E-state index contributed by atoms with van der Waals surface area (Å²) in [6.07, 6.45) is 12.7. The zero-order valence-corrected chi connectivity index (χ0v) is 19.1. The number of ketones is 1. The molecule has 1 aliphatic rings. The van der Waals surface area contributed by atoms with E-state index in [9.17, 15) is 19.8 Å². The van der Waals surface area contributed by atoms with E-state index in [1.165, 1.54) is 30.7 Å². The lowest BCUT2D eigenvalue weighted by Gasteiger charge is -2.29. The Hall–Kier alpha value is -2.24. The van der Waals surface area contributed by atoms with Crippen molar-refractivity contribution in [3.8, 4) is 0 Å². The molecule has 0 amide bonds. The van der Waals surface area contributed by atoms with Gasteiger partial charge in [0.1, 0.15) is 5.60 Å². The Morgan fingerprint density at radius 2 is 1.87 bits per heavy atom. The van der Waals surface area contributed by atoms with Crippen molar-refractivity contribution >= 4 is 11.8 Å². The first-order chi connectivity index (χ1) is 13.9. The van der Waals surface area contributed by atoms with Crippen molar-refractivity contribution in [1.82, 2.24) is 0 Å². The second-order valence-electron chi connectivity index (χ2n) is 8.93. The van der Waals surface area contributed by atoms with Crippen LogP contribution in [0, 0.1) is 5.41 Å². The number of allylic oxidation sites excluding steroid dienone is 6. The average molecular weight is 417 g/mol. The molecule has 5 heteroatoms. The third-order valence-corrected chi connectivity index (χ3v) is 5.04. The molecule has 0 bridgehead atoms. The van der Waals surface area contributed by atoms with Gasteiger partial charge in [0, 0.05) is 11.6 Å². The van der Waals surface area contributed by atoms with Gasteiger partial charge in [-0.15, -0.1) is 0 Å². The van der Waals surface area contributed by atoms with Gasteiger partial charge in [0.05, 0.1) is 6.61 Å². The molecule has 0 aromatic heterocycles. The van der Waals surface area contributed by atoms with Gasteiger partial charge >= 0.3 is 5.97 Å². The molecule has 0 heterocycles. The number of carbonyl (C=O) groups excluding carboxylic acids is 2. The molecule has 0 fully saturated rings. The van der Waals surface area contributed by atoms with Crippen LogP contribution >= 0.6 is 0 Å². The molecule has 5 nitrogen and oxygen atoms in total. The van der Waals surface area contributed by atoms with Crippen molar-refractivity contribution in [1.29, 1.82) is 0 Å². The van der Waals surface area contributed by atoms with E-state index in [1.54, 1.807) is 26.0 Å². The van der Waals surface area contributed by atoms with Gasteiger partial charge in [-0.2, -0.15) is 0 Å². The Morgan fingerprint density at radius 1 is 1.20 bits per heavy atom. The third kappa shape index (κ3) is 8.64. The SMILES string of the molecule is CC(C)=CCCC1(C)/C=C/C(OC(=O)C=C(C)C)C(C)(O)/C=C/C(=O)/C(CO)=C\C1. The molecule has 1 aliphatic carbocycles. The third-order valence-electron chi connectivity index (χ3n) is 5.04. The lowest BCUT2D eigenvalue weighted by molar-refractivity contribution is -0.148. The zero-order valence-electron chi connectivity index (χ0n) is 19.1. The number of aliphatic hydroxyl groups is 2. The maximum atomic E-state index is 12.5. The Labute approximate surface area is 180 Å². The normalized spacial score (nSPS) is 30.9. The lowest BCUT2D eigenvalue weighted by Crippen LogP contribution is -2.39. The van der Waals surface area contributed by atoms with E-state index in [0.29, 0.717) is 6.42 Å². The summed E-state index contributed by atoms with van der Waals surface area (Å²) in [5.74, 6) is -0.930. The van der Waals surface area contributed by atoms with Crippen LogP contribution < -0.4 is 0 Å². The number of ether oxygens (including phenoxy) is 1. The molecule has 0 radical (unpaired) electrons. The van der Waals surface area contributed by atoms with Crippen LogP contribution in [0.4, 0.5) is 0 Å². The fourth-order valence-corrected chi connectivity index (χ4v) is 3.06. The average Bonchev–Trinajstić information content (AvgIpc) is 2.63. The molecule has 0 aromatic carbocycles. The van der Waals surface area contributed by atoms with Crippen molar-refractivity contribution in [2.75, 3.05) is 6.61 Å². The molecule has 3 atom stereocenters. The number of esters is 1. The number of rotatable bonds is 6. The minimum absolute atomic E-state index is 0.281. The number of aliphatic hydroxyl groups excluding tert-OH is 1. The molecule has 0 spiro atoms. The van der Waals surface area contributed by atoms with Gasteiger partial charge in [0.15, 0.2) is 11.9 Å². The predicted molar refractivity (Wildman–Crippen MR) is 120 cm³/mol. The second-order valence-corrected chi connectivity index (χ2v) is 8.93. The van der Waals surface area contributed by atoms with E-state index in [-0.39, 0.29) is 23.4 Å². The Balaban J connectivity index is 3.38. The summed E-state index contributed by atoms with van der Waals surface area (Å²) in [7, 11) is 0. The van der Waals surface area contributed by atoms with Crippen LogP contribution in [0.3, 0.4) is 0 Å². The lowest BCUT2D eigenvalue weighted by atomic mass is 9.80. The zero-order chi connectivity index (χ0) is 22.9. The summed E-state index contributed by atoms with van der Waals surface area (Å²) in [6, 6.07) is 0. The van der Waals surface area contributed by atoms with Gasteiger partial charge in [-0.1, -0.05) is 36.3 Å². The topological polar surface area (TPSA) is 83.8 Å². The highest BCUT2D eigenvalue weighted by Crippen LogP contribution is 2.33. The molecular weight excluding hydrogens is 380 g/mol. The van der Waals surface area contributed by atoms with Crippen molar-refractivity contribution < 1.29 is 24.5 Å². The minimum atomic E-state index is -1.59. The van der Waals surface area contributed by atoms with Crippen molar-refractivity contribution in [2.45, 2.75) is 72.5 Å². The summed E-state index contributed by atoms with van der Waals surface area (Å²) >= 11 is 0. The molecular formula is C25H36O5. The van der Waals surface area contributed by atoms with Gasteiger partial charge in [-0.3, -0.25) is 4.79 Å². The van der Waals surface area contributed by atoms with Gasteiger partial charge < -0.3 is 14.9 Å². The molecule has 0 aliphatic heterocycles. The highest BCUT2D eigenvalue weighted by molar-refractivity contribution is 6.04. The highest BCUT2D eigenvalue weighted by atomic mass is 16.6. The van der Waals surface area contributed by atoms with Crippen molar-refractivity contribution in [3.05, 3.63) is 59.3 Å². The van der Waals surface area contributed by atoms with Gasteiger partial charge in [-0.05, 0) is 77.5 Å². The Morgan fingerprint density at radius 3 is 2.43 bits per heavy atom. The molecule has 0 saturated heterocycles. The summed E-state index contributed by atoms with van der Waals surface area (Å²) in [5.41, 5.74) is 0.344. The van der Waals surface area contributed by atoms with Gasteiger partial charge in [0.25, 0.3) is 0 Å². The maximum absolute atomic E-state index is 12.5. The molecule has 30 heavy (non-hydrogen) atoms. The van der Waals surface area contributed by atoms with E-state index >= 15 is 0 Å². The first-order valence-electron chi connectivity index (χ1n) is 10.3. The number of carbonyl (C=O) groups is 2. The highest BCUT2D eigenvalue weighted by Gasteiger charge is 2.32. The predicted octanol–water partition coefficient (Wildman–Crippen LogP) is 4.37.